The van der Waals surface area contributed by atoms with E-state index >= 15 is 0 Å². The minimum atomic E-state index is -1.30. The number of phenolic OH excluding ortho intramolecular Hbond substituents is 1. The fourth-order valence-corrected chi connectivity index (χ4v) is 2.13. The minimum Gasteiger partial charge on any atom is -0.507 e. The first-order valence-corrected chi connectivity index (χ1v) is 6.32. The second-order valence-electron chi connectivity index (χ2n) is 4.69. The van der Waals surface area contributed by atoms with Crippen LogP contribution in [-0.2, 0) is 6.42 Å². The molecule has 3 nitrogen and oxygen atoms in total. The van der Waals surface area contributed by atoms with Crippen LogP contribution in [0.3, 0.4) is 0 Å². The number of aryl methyl sites for hydroxylation is 2. The molecule has 0 saturated heterocycles. The third kappa shape index (κ3) is 3.34. The first-order valence-electron chi connectivity index (χ1n) is 6.32. The Morgan fingerprint density at radius 3 is 2.37 bits per heavy atom. The van der Waals surface area contributed by atoms with E-state index < -0.39 is 6.29 Å². The van der Waals surface area contributed by atoms with E-state index in [4.69, 9.17) is 10.2 Å². The lowest BCUT2D eigenvalue weighted by atomic mass is 9.97. The number of rotatable bonds is 4. The fourth-order valence-electron chi connectivity index (χ4n) is 2.13. The van der Waals surface area contributed by atoms with E-state index in [1.165, 1.54) is 0 Å². The summed E-state index contributed by atoms with van der Waals surface area (Å²) in [5.74, 6) is 0.277. The normalized spacial score (nSPS) is 10.9. The highest BCUT2D eigenvalue weighted by molar-refractivity contribution is 5.72. The maximum absolute atomic E-state index is 10.2. The van der Waals surface area contributed by atoms with E-state index in [9.17, 15) is 5.11 Å². The molecule has 100 valence electrons. The summed E-state index contributed by atoms with van der Waals surface area (Å²) in [4.78, 5) is 0. The molecule has 0 aromatic heterocycles. The van der Waals surface area contributed by atoms with Crippen LogP contribution in [0.1, 0.15) is 17.5 Å². The average molecular weight is 258 g/mol. The lowest BCUT2D eigenvalue weighted by Crippen LogP contribution is -2.05. The molecule has 0 bridgehead atoms. The molecule has 0 radical (unpaired) electrons. The van der Waals surface area contributed by atoms with E-state index in [0.29, 0.717) is 12.8 Å². The minimum absolute atomic E-state index is 0.277. The summed E-state index contributed by atoms with van der Waals surface area (Å²) in [6, 6.07) is 13.4. The van der Waals surface area contributed by atoms with Crippen LogP contribution in [0.15, 0.2) is 42.5 Å². The second kappa shape index (κ2) is 5.87. The Morgan fingerprint density at radius 2 is 1.74 bits per heavy atom. The number of phenols is 1. The summed E-state index contributed by atoms with van der Waals surface area (Å²) in [6.07, 6.45) is -0.439. The van der Waals surface area contributed by atoms with Gasteiger partial charge in [0.2, 0.25) is 0 Å². The van der Waals surface area contributed by atoms with Gasteiger partial charge < -0.3 is 15.3 Å². The van der Waals surface area contributed by atoms with Crippen LogP contribution in [0.5, 0.6) is 5.75 Å². The number of benzene rings is 2. The zero-order chi connectivity index (χ0) is 13.8. The first-order chi connectivity index (χ1) is 9.08. The number of hydrogen-bond donors (Lipinski definition) is 3. The van der Waals surface area contributed by atoms with Crippen molar-refractivity contribution in [1.82, 2.24) is 0 Å². The highest BCUT2D eigenvalue weighted by Crippen LogP contribution is 2.33. The molecule has 0 aliphatic rings. The molecule has 0 fully saturated rings. The zero-order valence-electron chi connectivity index (χ0n) is 10.9. The van der Waals surface area contributed by atoms with Gasteiger partial charge in [0.05, 0.1) is 0 Å². The second-order valence-corrected chi connectivity index (χ2v) is 4.69. The van der Waals surface area contributed by atoms with E-state index in [1.54, 1.807) is 0 Å². The van der Waals surface area contributed by atoms with Crippen LogP contribution in [0.4, 0.5) is 0 Å². The number of aliphatic hydroxyl groups excluding tert-OH is 1. The Balaban J connectivity index is 2.38. The van der Waals surface area contributed by atoms with E-state index in [-0.39, 0.29) is 5.75 Å². The smallest absolute Gasteiger partial charge is 0.151 e. The van der Waals surface area contributed by atoms with Gasteiger partial charge in [0.1, 0.15) is 5.75 Å². The van der Waals surface area contributed by atoms with Gasteiger partial charge in [-0.2, -0.15) is 0 Å². The van der Waals surface area contributed by atoms with Crippen LogP contribution in [-0.4, -0.2) is 21.6 Å². The highest BCUT2D eigenvalue weighted by atomic mass is 16.5. The van der Waals surface area contributed by atoms with E-state index in [0.717, 1.165) is 22.3 Å². The molecule has 3 heteroatoms. The summed E-state index contributed by atoms with van der Waals surface area (Å²) >= 11 is 0. The third-order valence-electron chi connectivity index (χ3n) is 3.14. The van der Waals surface area contributed by atoms with Crippen LogP contribution >= 0.6 is 0 Å². The van der Waals surface area contributed by atoms with Crippen LogP contribution in [0.2, 0.25) is 0 Å². The molecular weight excluding hydrogens is 240 g/mol. The van der Waals surface area contributed by atoms with Gasteiger partial charge >= 0.3 is 0 Å². The van der Waals surface area contributed by atoms with Crippen molar-refractivity contribution in [2.24, 2.45) is 0 Å². The molecule has 0 unspecified atom stereocenters. The summed E-state index contributed by atoms with van der Waals surface area (Å²) in [7, 11) is 0. The maximum Gasteiger partial charge on any atom is 0.151 e. The van der Waals surface area contributed by atoms with Crippen molar-refractivity contribution in [2.75, 3.05) is 0 Å². The summed E-state index contributed by atoms with van der Waals surface area (Å²) in [5.41, 5.74) is 3.52. The monoisotopic (exact) mass is 258 g/mol. The van der Waals surface area contributed by atoms with Crippen molar-refractivity contribution in [1.29, 1.82) is 0 Å². The molecule has 2 rings (SSSR count). The molecule has 0 spiro atoms. The molecule has 0 amide bonds. The molecule has 3 N–H and O–H groups in total. The standard InChI is InChI=1S/C16H18O3/c1-11-9-12(7-8-15(17)18)10-14(16(11)19)13-5-3-2-4-6-13/h2-6,9-10,15,17-19H,7-8H2,1H3. The van der Waals surface area contributed by atoms with Crippen molar-refractivity contribution >= 4 is 0 Å². The molecule has 2 aromatic rings. The maximum atomic E-state index is 10.2. The number of hydrogen-bond acceptors (Lipinski definition) is 3. The quantitative estimate of drug-likeness (QED) is 0.739. The van der Waals surface area contributed by atoms with Gasteiger partial charge in [-0.25, -0.2) is 0 Å². The van der Waals surface area contributed by atoms with Crippen LogP contribution < -0.4 is 0 Å². The topological polar surface area (TPSA) is 60.7 Å². The SMILES string of the molecule is Cc1cc(CCC(O)O)cc(-c2ccccc2)c1O. The predicted molar refractivity (Wildman–Crippen MR) is 74.8 cm³/mol. The molecule has 19 heavy (non-hydrogen) atoms. The van der Waals surface area contributed by atoms with Gasteiger partial charge in [-0.15, -0.1) is 0 Å². The molecule has 2 aromatic carbocycles. The average Bonchev–Trinajstić information content (AvgIpc) is 2.41. The van der Waals surface area contributed by atoms with Crippen LogP contribution in [0, 0.1) is 6.92 Å². The number of aromatic hydroxyl groups is 1. The third-order valence-corrected chi connectivity index (χ3v) is 3.14. The van der Waals surface area contributed by atoms with Crippen molar-refractivity contribution in [3.63, 3.8) is 0 Å². The first kappa shape index (κ1) is 13.6. The Labute approximate surface area is 112 Å². The Hall–Kier alpha value is -1.84. The van der Waals surface area contributed by atoms with Gasteiger partial charge in [0, 0.05) is 12.0 Å². The van der Waals surface area contributed by atoms with Crippen LogP contribution in [0.25, 0.3) is 11.1 Å². The Bertz CT molecular complexity index is 547. The van der Waals surface area contributed by atoms with Gasteiger partial charge in [0.15, 0.2) is 6.29 Å². The largest absolute Gasteiger partial charge is 0.507 e. The fraction of sp³-hybridized carbons (Fsp3) is 0.250. The van der Waals surface area contributed by atoms with Gasteiger partial charge in [-0.1, -0.05) is 36.4 Å². The van der Waals surface area contributed by atoms with Gasteiger partial charge in [-0.3, -0.25) is 0 Å². The van der Waals surface area contributed by atoms with E-state index in [2.05, 4.69) is 0 Å². The Kier molecular flexibility index (Phi) is 4.20. The number of aliphatic hydroxyl groups is 2. The molecule has 0 aliphatic heterocycles. The molecular formula is C16H18O3. The summed E-state index contributed by atoms with van der Waals surface area (Å²) in [5, 5.41) is 28.0. The van der Waals surface area contributed by atoms with Gasteiger partial charge in [-0.05, 0) is 36.1 Å². The molecule has 0 saturated carbocycles. The van der Waals surface area contributed by atoms with Crippen molar-refractivity contribution in [2.45, 2.75) is 26.1 Å². The molecule has 0 atom stereocenters. The van der Waals surface area contributed by atoms with Crippen molar-refractivity contribution in [3.8, 4) is 16.9 Å². The Morgan fingerprint density at radius 1 is 1.05 bits per heavy atom. The molecule has 0 heterocycles. The lowest BCUT2D eigenvalue weighted by molar-refractivity contribution is -0.0447. The lowest BCUT2D eigenvalue weighted by Gasteiger charge is -2.11. The zero-order valence-corrected chi connectivity index (χ0v) is 10.9. The van der Waals surface area contributed by atoms with Crippen molar-refractivity contribution < 1.29 is 15.3 Å². The summed E-state index contributed by atoms with van der Waals surface area (Å²) in [6.45, 7) is 1.85. The molecule has 0 aliphatic carbocycles. The predicted octanol–water partition coefficient (Wildman–Crippen LogP) is 2.61. The highest BCUT2D eigenvalue weighted by Gasteiger charge is 2.09. The van der Waals surface area contributed by atoms with Crippen molar-refractivity contribution in [3.05, 3.63) is 53.6 Å². The van der Waals surface area contributed by atoms with E-state index in [1.807, 2.05) is 49.4 Å². The summed E-state index contributed by atoms with van der Waals surface area (Å²) < 4.78 is 0. The van der Waals surface area contributed by atoms with Gasteiger partial charge in [0.25, 0.3) is 0 Å².